The Morgan fingerprint density at radius 2 is 2.06 bits per heavy atom. The van der Waals surface area contributed by atoms with Crippen LogP contribution in [0.5, 0.6) is 0 Å². The minimum absolute atomic E-state index is 0.0872. The summed E-state index contributed by atoms with van der Waals surface area (Å²) in [6.45, 7) is 0. The Bertz CT molecular complexity index is 601. The number of rotatable bonds is 3. The van der Waals surface area contributed by atoms with Gasteiger partial charge in [0.1, 0.15) is 5.82 Å². The Morgan fingerprint density at radius 3 is 2.78 bits per heavy atom. The lowest BCUT2D eigenvalue weighted by Crippen LogP contribution is -2.06. The van der Waals surface area contributed by atoms with Gasteiger partial charge in [-0.3, -0.25) is 9.78 Å². The molecule has 2 aromatic rings. The van der Waals surface area contributed by atoms with Gasteiger partial charge in [0.05, 0.1) is 5.02 Å². The lowest BCUT2D eigenvalue weighted by atomic mass is 10.0. The summed E-state index contributed by atoms with van der Waals surface area (Å²) in [5.74, 6) is -0.735. The van der Waals surface area contributed by atoms with E-state index in [0.29, 0.717) is 10.6 Å². The van der Waals surface area contributed by atoms with Crippen molar-refractivity contribution in [3.8, 4) is 0 Å². The third-order valence-electron chi connectivity index (χ3n) is 2.43. The molecular weight excluding hydrogens is 276 g/mol. The van der Waals surface area contributed by atoms with E-state index in [1.165, 1.54) is 36.7 Å². The molecule has 0 atom stereocenters. The van der Waals surface area contributed by atoms with Crippen LogP contribution in [0.25, 0.3) is 0 Å². The first-order valence-corrected chi connectivity index (χ1v) is 5.90. The van der Waals surface area contributed by atoms with Crippen molar-refractivity contribution in [2.24, 2.45) is 0 Å². The second kappa shape index (κ2) is 5.46. The topological polar surface area (TPSA) is 30.0 Å². The van der Waals surface area contributed by atoms with Gasteiger partial charge < -0.3 is 0 Å². The molecular formula is C13H8Cl2FNO. The van der Waals surface area contributed by atoms with E-state index in [2.05, 4.69) is 4.98 Å². The van der Waals surface area contributed by atoms with Crippen molar-refractivity contribution < 1.29 is 9.18 Å². The number of nitrogens with zero attached hydrogens (tertiary/aromatic N) is 1. The maximum Gasteiger partial charge on any atom is 0.168 e. The van der Waals surface area contributed by atoms with Crippen molar-refractivity contribution in [2.45, 2.75) is 6.42 Å². The highest BCUT2D eigenvalue weighted by atomic mass is 35.5. The molecule has 0 aliphatic heterocycles. The van der Waals surface area contributed by atoms with Crippen LogP contribution in [-0.2, 0) is 6.42 Å². The monoisotopic (exact) mass is 283 g/mol. The molecule has 5 heteroatoms. The molecule has 0 amide bonds. The average Bonchev–Trinajstić information content (AvgIpc) is 2.34. The van der Waals surface area contributed by atoms with Gasteiger partial charge in [-0.1, -0.05) is 23.2 Å². The van der Waals surface area contributed by atoms with Crippen LogP contribution in [0.15, 0.2) is 36.7 Å². The summed E-state index contributed by atoms with van der Waals surface area (Å²) >= 11 is 11.6. The lowest BCUT2D eigenvalue weighted by Gasteiger charge is -2.05. The van der Waals surface area contributed by atoms with E-state index >= 15 is 0 Å². The predicted molar refractivity (Wildman–Crippen MR) is 68.7 cm³/mol. The molecule has 92 valence electrons. The van der Waals surface area contributed by atoms with Crippen LogP contribution >= 0.6 is 23.2 Å². The molecule has 0 saturated heterocycles. The van der Waals surface area contributed by atoms with Gasteiger partial charge in [0.25, 0.3) is 0 Å². The normalized spacial score (nSPS) is 10.4. The standard InChI is InChI=1S/C13H8Cl2FNO/c14-9-1-2-12(16)8(5-9)6-13(18)10-3-4-17-7-11(10)15/h1-5,7H,6H2. The quantitative estimate of drug-likeness (QED) is 0.799. The van der Waals surface area contributed by atoms with Crippen molar-refractivity contribution in [3.63, 3.8) is 0 Å². The number of aromatic nitrogens is 1. The zero-order valence-electron chi connectivity index (χ0n) is 9.16. The third kappa shape index (κ3) is 2.86. The fourth-order valence-electron chi connectivity index (χ4n) is 1.55. The van der Waals surface area contributed by atoms with E-state index in [0.717, 1.165) is 0 Å². The molecule has 1 heterocycles. The number of halogens is 3. The number of benzene rings is 1. The minimum atomic E-state index is -0.460. The zero-order valence-corrected chi connectivity index (χ0v) is 10.7. The van der Waals surface area contributed by atoms with E-state index in [9.17, 15) is 9.18 Å². The summed E-state index contributed by atoms with van der Waals surface area (Å²) in [6.07, 6.45) is 2.76. The number of ketones is 1. The lowest BCUT2D eigenvalue weighted by molar-refractivity contribution is 0.0992. The maximum absolute atomic E-state index is 13.5. The van der Waals surface area contributed by atoms with Crippen molar-refractivity contribution in [1.82, 2.24) is 4.98 Å². The Kier molecular flexibility index (Phi) is 3.94. The second-order valence-electron chi connectivity index (χ2n) is 3.69. The van der Waals surface area contributed by atoms with Gasteiger partial charge in [-0.25, -0.2) is 4.39 Å². The second-order valence-corrected chi connectivity index (χ2v) is 4.53. The largest absolute Gasteiger partial charge is 0.294 e. The Balaban J connectivity index is 2.27. The molecule has 2 rings (SSSR count). The first kappa shape index (κ1) is 13.0. The number of pyridine rings is 1. The van der Waals surface area contributed by atoms with E-state index in [-0.39, 0.29) is 22.8 Å². The van der Waals surface area contributed by atoms with Crippen LogP contribution in [0, 0.1) is 5.82 Å². The van der Waals surface area contributed by atoms with Crippen LogP contribution in [0.1, 0.15) is 15.9 Å². The van der Waals surface area contributed by atoms with Gasteiger partial charge in [-0.05, 0) is 29.8 Å². The summed E-state index contributed by atoms with van der Waals surface area (Å²) in [6, 6.07) is 5.61. The molecule has 0 aliphatic rings. The van der Waals surface area contributed by atoms with E-state index in [1.54, 1.807) is 0 Å². The van der Waals surface area contributed by atoms with E-state index < -0.39 is 5.82 Å². The average molecular weight is 284 g/mol. The van der Waals surface area contributed by atoms with Gasteiger partial charge >= 0.3 is 0 Å². The molecule has 0 fully saturated rings. The SMILES string of the molecule is O=C(Cc1cc(Cl)ccc1F)c1ccncc1Cl. The molecule has 1 aromatic carbocycles. The summed E-state index contributed by atoms with van der Waals surface area (Å²) < 4.78 is 13.5. The van der Waals surface area contributed by atoms with Crippen LogP contribution in [0.3, 0.4) is 0 Å². The van der Waals surface area contributed by atoms with Gasteiger partial charge in [0.2, 0.25) is 0 Å². The fourth-order valence-corrected chi connectivity index (χ4v) is 1.97. The molecule has 0 unspecified atom stereocenters. The van der Waals surface area contributed by atoms with Crippen molar-refractivity contribution in [1.29, 1.82) is 0 Å². The van der Waals surface area contributed by atoms with E-state index in [1.807, 2.05) is 0 Å². The summed E-state index contributed by atoms with van der Waals surface area (Å²) in [5.41, 5.74) is 0.575. The Hall–Kier alpha value is -1.45. The molecule has 0 N–H and O–H groups in total. The number of hydrogen-bond donors (Lipinski definition) is 0. The molecule has 0 radical (unpaired) electrons. The highest BCUT2D eigenvalue weighted by Crippen LogP contribution is 2.19. The predicted octanol–water partition coefficient (Wildman–Crippen LogP) is 3.95. The van der Waals surface area contributed by atoms with E-state index in [4.69, 9.17) is 23.2 Å². The number of carbonyl (C=O) groups is 1. The molecule has 0 aliphatic carbocycles. The van der Waals surface area contributed by atoms with Gasteiger partial charge in [-0.2, -0.15) is 0 Å². The third-order valence-corrected chi connectivity index (χ3v) is 2.97. The van der Waals surface area contributed by atoms with Crippen molar-refractivity contribution in [2.75, 3.05) is 0 Å². The summed E-state index contributed by atoms with van der Waals surface area (Å²) in [4.78, 5) is 15.8. The van der Waals surface area contributed by atoms with Crippen LogP contribution in [0.4, 0.5) is 4.39 Å². The zero-order chi connectivity index (χ0) is 13.1. The first-order chi connectivity index (χ1) is 8.58. The highest BCUT2D eigenvalue weighted by Gasteiger charge is 2.13. The summed E-state index contributed by atoms with van der Waals surface area (Å²) in [7, 11) is 0. The van der Waals surface area contributed by atoms with Crippen LogP contribution in [-0.4, -0.2) is 10.8 Å². The smallest absolute Gasteiger partial charge is 0.168 e. The number of carbonyl (C=O) groups excluding carboxylic acids is 1. The van der Waals surface area contributed by atoms with Gasteiger partial charge in [0, 0.05) is 29.4 Å². The first-order valence-electron chi connectivity index (χ1n) is 5.14. The minimum Gasteiger partial charge on any atom is -0.294 e. The number of hydrogen-bond acceptors (Lipinski definition) is 2. The fraction of sp³-hybridized carbons (Fsp3) is 0.0769. The molecule has 1 aromatic heterocycles. The van der Waals surface area contributed by atoms with Crippen LogP contribution < -0.4 is 0 Å². The Morgan fingerprint density at radius 1 is 1.28 bits per heavy atom. The number of Topliss-reactive ketones (excluding diaryl/α,β-unsaturated/α-hetero) is 1. The molecule has 0 spiro atoms. The highest BCUT2D eigenvalue weighted by molar-refractivity contribution is 6.34. The van der Waals surface area contributed by atoms with Gasteiger partial charge in [-0.15, -0.1) is 0 Å². The molecule has 0 saturated carbocycles. The van der Waals surface area contributed by atoms with Gasteiger partial charge in [0.15, 0.2) is 5.78 Å². The molecule has 18 heavy (non-hydrogen) atoms. The van der Waals surface area contributed by atoms with Crippen LogP contribution in [0.2, 0.25) is 10.0 Å². The molecule has 0 bridgehead atoms. The van der Waals surface area contributed by atoms with Crippen molar-refractivity contribution >= 4 is 29.0 Å². The van der Waals surface area contributed by atoms with Crippen molar-refractivity contribution in [3.05, 3.63) is 63.6 Å². The molecule has 2 nitrogen and oxygen atoms in total. The maximum atomic E-state index is 13.5. The summed E-state index contributed by atoms with van der Waals surface area (Å²) in [5, 5.41) is 0.643. The Labute approximate surface area is 113 Å².